The fourth-order valence-electron chi connectivity index (χ4n) is 2.76. The Morgan fingerprint density at radius 1 is 1.20 bits per heavy atom. The summed E-state index contributed by atoms with van der Waals surface area (Å²) in [7, 11) is 3.65. The monoisotopic (exact) mass is 482 g/mol. The third-order valence-electron chi connectivity index (χ3n) is 5.11. The van der Waals surface area contributed by atoms with Gasteiger partial charge in [-0.3, -0.25) is 9.59 Å². The minimum Gasteiger partial charge on any atom is -0.487 e. The average Bonchev–Trinajstić information content (AvgIpc) is 3.71. The molecule has 2 heterocycles. The van der Waals surface area contributed by atoms with E-state index < -0.39 is 0 Å². The lowest BCUT2D eigenvalue weighted by molar-refractivity contribution is -0.134. The smallest absolute Gasteiger partial charge is 0.246 e. The number of anilines is 3. The molecule has 10 nitrogen and oxygen atoms in total. The van der Waals surface area contributed by atoms with Crippen molar-refractivity contribution in [1.82, 2.24) is 20.4 Å². The van der Waals surface area contributed by atoms with E-state index in [-0.39, 0.29) is 17.7 Å². The van der Waals surface area contributed by atoms with Crippen LogP contribution in [0.15, 0.2) is 43.0 Å². The Labute approximate surface area is 206 Å². The van der Waals surface area contributed by atoms with Gasteiger partial charge in [0, 0.05) is 30.8 Å². The first-order valence-electron chi connectivity index (χ1n) is 11.5. The van der Waals surface area contributed by atoms with E-state index in [4.69, 9.17) is 4.74 Å². The van der Waals surface area contributed by atoms with E-state index in [1.807, 2.05) is 31.3 Å². The lowest BCUT2D eigenvalue weighted by atomic mass is 10.1. The second-order valence-corrected chi connectivity index (χ2v) is 7.92. The number of rotatable bonds is 9. The first-order valence-corrected chi connectivity index (χ1v) is 11.5. The van der Waals surface area contributed by atoms with E-state index in [0.29, 0.717) is 42.5 Å². The van der Waals surface area contributed by atoms with Crippen molar-refractivity contribution in [3.05, 3.63) is 48.7 Å². The minimum absolute atomic E-state index is 0.0434. The predicted octanol–water partition coefficient (Wildman–Crippen LogP) is 2.67. The van der Waals surface area contributed by atoms with Crippen molar-refractivity contribution in [1.29, 1.82) is 0 Å². The standard InChI is InChI=1S/C18H19N5O3.C4H6O.C3H9N/c1-3-18(25)23-9-14(10-23)26-13-6-4-5-12(7-13)20-15-8-17(19-2)22-21-16(15)11-24;5-3-4-1-2-4;1-3-4-2/h3-8,11,14H,1,9-10H2,2H3,(H2,19,20,22);3-4H,1-2H2;4H,3H2,1-2H3. The first kappa shape index (κ1) is 27.5. The van der Waals surface area contributed by atoms with Gasteiger partial charge in [-0.15, -0.1) is 10.2 Å². The first-order chi connectivity index (χ1) is 17.0. The van der Waals surface area contributed by atoms with E-state index in [2.05, 4.69) is 39.7 Å². The maximum absolute atomic E-state index is 11.5. The molecule has 1 saturated heterocycles. The van der Waals surface area contributed by atoms with Crippen LogP contribution in [0, 0.1) is 5.92 Å². The summed E-state index contributed by atoms with van der Waals surface area (Å²) in [4.78, 5) is 33.9. The molecule has 1 aliphatic heterocycles. The highest BCUT2D eigenvalue weighted by molar-refractivity contribution is 5.87. The number of nitrogens with one attached hydrogen (secondary N) is 3. The van der Waals surface area contributed by atoms with Gasteiger partial charge in [0.05, 0.1) is 18.8 Å². The third-order valence-corrected chi connectivity index (χ3v) is 5.11. The van der Waals surface area contributed by atoms with Crippen molar-refractivity contribution in [3.63, 3.8) is 0 Å². The van der Waals surface area contributed by atoms with Crippen LogP contribution in [-0.4, -0.2) is 73.4 Å². The van der Waals surface area contributed by atoms with E-state index >= 15 is 0 Å². The second-order valence-electron chi connectivity index (χ2n) is 7.92. The average molecular weight is 483 g/mol. The molecule has 1 amide bonds. The number of benzene rings is 1. The molecule has 1 aromatic heterocycles. The molecule has 188 valence electrons. The summed E-state index contributed by atoms with van der Waals surface area (Å²) >= 11 is 0. The summed E-state index contributed by atoms with van der Waals surface area (Å²) in [6.07, 6.45) is 5.22. The van der Waals surface area contributed by atoms with Crippen LogP contribution in [0.25, 0.3) is 0 Å². The van der Waals surface area contributed by atoms with Crippen LogP contribution in [0.2, 0.25) is 0 Å². The Morgan fingerprint density at radius 2 is 1.91 bits per heavy atom. The van der Waals surface area contributed by atoms with Crippen molar-refractivity contribution in [2.45, 2.75) is 25.9 Å². The second kappa shape index (κ2) is 14.5. The molecule has 3 N–H and O–H groups in total. The molecule has 2 aliphatic rings. The lowest BCUT2D eigenvalue weighted by Crippen LogP contribution is -2.55. The van der Waals surface area contributed by atoms with Crippen molar-refractivity contribution >= 4 is 35.7 Å². The Morgan fingerprint density at radius 3 is 2.43 bits per heavy atom. The molecule has 0 radical (unpaired) electrons. The van der Waals surface area contributed by atoms with E-state index in [1.54, 1.807) is 18.0 Å². The zero-order valence-corrected chi connectivity index (χ0v) is 20.5. The van der Waals surface area contributed by atoms with Gasteiger partial charge in [-0.05, 0) is 44.6 Å². The number of amides is 1. The highest BCUT2D eigenvalue weighted by Crippen LogP contribution is 2.26. The number of likely N-dealkylation sites (tertiary alicyclic amines) is 1. The number of hydrogen-bond donors (Lipinski definition) is 3. The Hall–Kier alpha value is -3.79. The number of ether oxygens (including phenoxy) is 1. The van der Waals surface area contributed by atoms with Gasteiger partial charge in [0.1, 0.15) is 23.8 Å². The highest BCUT2D eigenvalue weighted by Gasteiger charge is 2.30. The molecule has 1 saturated carbocycles. The maximum atomic E-state index is 11.5. The fraction of sp³-hybridized carbons (Fsp3) is 0.400. The molecule has 2 fully saturated rings. The summed E-state index contributed by atoms with van der Waals surface area (Å²) in [5, 5.41) is 16.7. The minimum atomic E-state index is -0.0906. The van der Waals surface area contributed by atoms with Crippen LogP contribution in [0.1, 0.15) is 30.3 Å². The normalized spacial score (nSPS) is 14.1. The van der Waals surface area contributed by atoms with Gasteiger partial charge in [0.2, 0.25) is 5.91 Å². The number of carbonyl (C=O) groups excluding carboxylic acids is 3. The molecule has 1 aromatic carbocycles. The van der Waals surface area contributed by atoms with Gasteiger partial charge < -0.3 is 30.4 Å². The van der Waals surface area contributed by atoms with Crippen LogP contribution in [-0.2, 0) is 9.59 Å². The summed E-state index contributed by atoms with van der Waals surface area (Å²) in [6, 6.07) is 9.07. The summed E-state index contributed by atoms with van der Waals surface area (Å²) in [5.41, 5.74) is 1.51. The number of aromatic nitrogens is 2. The van der Waals surface area contributed by atoms with Gasteiger partial charge >= 0.3 is 0 Å². The van der Waals surface area contributed by atoms with Crippen LogP contribution >= 0.6 is 0 Å². The molecular formula is C25H34N6O4. The highest BCUT2D eigenvalue weighted by atomic mass is 16.5. The number of carbonyl (C=O) groups is 3. The van der Waals surface area contributed by atoms with Crippen molar-refractivity contribution in [3.8, 4) is 5.75 Å². The van der Waals surface area contributed by atoms with Crippen molar-refractivity contribution in [2.75, 3.05) is 44.4 Å². The lowest BCUT2D eigenvalue weighted by Gasteiger charge is -2.38. The summed E-state index contributed by atoms with van der Waals surface area (Å²) in [6.45, 7) is 7.69. The van der Waals surface area contributed by atoms with Gasteiger partial charge in [-0.25, -0.2) is 0 Å². The molecule has 0 unspecified atom stereocenters. The Balaban J connectivity index is 0.000000405. The summed E-state index contributed by atoms with van der Waals surface area (Å²) < 4.78 is 5.88. The molecule has 0 atom stereocenters. The molecule has 10 heteroatoms. The molecule has 1 aliphatic carbocycles. The predicted molar refractivity (Wildman–Crippen MR) is 136 cm³/mol. The largest absolute Gasteiger partial charge is 0.487 e. The molecule has 4 rings (SSSR count). The number of hydrogen-bond acceptors (Lipinski definition) is 9. The third kappa shape index (κ3) is 9.17. The van der Waals surface area contributed by atoms with Crippen LogP contribution in [0.5, 0.6) is 5.75 Å². The van der Waals surface area contributed by atoms with Gasteiger partial charge in [0.25, 0.3) is 0 Å². The Bertz CT molecular complexity index is 988. The quantitative estimate of drug-likeness (QED) is 0.365. The van der Waals surface area contributed by atoms with Crippen LogP contribution in [0.4, 0.5) is 17.2 Å². The zero-order valence-electron chi connectivity index (χ0n) is 20.5. The van der Waals surface area contributed by atoms with E-state index in [1.165, 1.54) is 6.08 Å². The van der Waals surface area contributed by atoms with Crippen molar-refractivity contribution < 1.29 is 19.1 Å². The zero-order chi connectivity index (χ0) is 25.6. The number of nitrogens with zero attached hydrogens (tertiary/aromatic N) is 3. The Kier molecular flexibility index (Phi) is 11.3. The van der Waals surface area contributed by atoms with Crippen LogP contribution < -0.4 is 20.7 Å². The van der Waals surface area contributed by atoms with E-state index in [0.717, 1.165) is 31.4 Å². The summed E-state index contributed by atoms with van der Waals surface area (Å²) in [5.74, 6) is 1.59. The number of aldehydes is 2. The maximum Gasteiger partial charge on any atom is 0.246 e. The van der Waals surface area contributed by atoms with Gasteiger partial charge in [-0.1, -0.05) is 19.6 Å². The molecular weight excluding hydrogens is 448 g/mol. The van der Waals surface area contributed by atoms with Crippen molar-refractivity contribution in [2.24, 2.45) is 5.92 Å². The van der Waals surface area contributed by atoms with Crippen LogP contribution in [0.3, 0.4) is 0 Å². The topological polar surface area (TPSA) is 126 Å². The van der Waals surface area contributed by atoms with E-state index in [9.17, 15) is 14.4 Å². The van der Waals surface area contributed by atoms with Gasteiger partial charge in [-0.2, -0.15) is 0 Å². The van der Waals surface area contributed by atoms with Gasteiger partial charge in [0.15, 0.2) is 12.1 Å². The SMILES string of the molecule is C=CC(=O)N1CC(Oc2cccc(Nc3cc(NC)nnc3C=O)c2)C1.CCNC.O=CC1CC1. The molecule has 0 bridgehead atoms. The fourth-order valence-corrected chi connectivity index (χ4v) is 2.76. The molecule has 0 spiro atoms. The molecule has 2 aromatic rings. The molecule has 35 heavy (non-hydrogen) atoms.